The molecule has 1 rings (SSSR count). The van der Waals surface area contributed by atoms with Crippen molar-refractivity contribution in [2.75, 3.05) is 19.8 Å². The molecule has 1 heterocycles. The van der Waals surface area contributed by atoms with Crippen molar-refractivity contribution in [3.8, 4) is 0 Å². The van der Waals surface area contributed by atoms with E-state index in [1.807, 2.05) is 19.1 Å². The van der Waals surface area contributed by atoms with Gasteiger partial charge in [-0.3, -0.25) is 4.98 Å². The van der Waals surface area contributed by atoms with E-state index in [0.717, 1.165) is 26.2 Å². The van der Waals surface area contributed by atoms with Gasteiger partial charge in [-0.25, -0.2) is 0 Å². The second kappa shape index (κ2) is 8.83. The molecule has 0 aliphatic carbocycles. The Morgan fingerprint density at radius 2 is 2.17 bits per heavy atom. The second-order valence-electron chi connectivity index (χ2n) is 3.95. The molecule has 100 valence electrons. The molecule has 0 fully saturated rings. The number of nitrogens with zero attached hydrogens (tertiary/aromatic N) is 1. The number of ether oxygens (including phenoxy) is 1. The van der Waals surface area contributed by atoms with Gasteiger partial charge in [0.15, 0.2) is 5.11 Å². The van der Waals surface area contributed by atoms with E-state index in [1.165, 1.54) is 5.56 Å². The summed E-state index contributed by atoms with van der Waals surface area (Å²) in [5.41, 5.74) is 1.17. The first-order chi connectivity index (χ1) is 8.74. The molecule has 2 N–H and O–H groups in total. The van der Waals surface area contributed by atoms with Crippen LogP contribution in [0.1, 0.15) is 31.9 Å². The van der Waals surface area contributed by atoms with Crippen LogP contribution < -0.4 is 10.6 Å². The highest BCUT2D eigenvalue weighted by Crippen LogP contribution is 2.09. The topological polar surface area (TPSA) is 46.2 Å². The van der Waals surface area contributed by atoms with E-state index in [9.17, 15) is 0 Å². The Bertz CT molecular complexity index is 345. The van der Waals surface area contributed by atoms with Gasteiger partial charge >= 0.3 is 0 Å². The van der Waals surface area contributed by atoms with E-state index in [-0.39, 0.29) is 6.04 Å². The first kappa shape index (κ1) is 14.9. The van der Waals surface area contributed by atoms with Crippen LogP contribution in [0.5, 0.6) is 0 Å². The van der Waals surface area contributed by atoms with Crippen molar-refractivity contribution in [1.29, 1.82) is 0 Å². The summed E-state index contributed by atoms with van der Waals surface area (Å²) in [5.74, 6) is 0. The molecule has 1 unspecified atom stereocenters. The third-order valence-electron chi connectivity index (χ3n) is 2.51. The van der Waals surface area contributed by atoms with Gasteiger partial charge in [-0.2, -0.15) is 0 Å². The van der Waals surface area contributed by atoms with E-state index >= 15 is 0 Å². The lowest BCUT2D eigenvalue weighted by molar-refractivity contribution is 0.145. The van der Waals surface area contributed by atoms with E-state index in [2.05, 4.69) is 22.5 Å². The second-order valence-corrected chi connectivity index (χ2v) is 4.36. The van der Waals surface area contributed by atoms with Gasteiger partial charge in [-0.05, 0) is 50.2 Å². The zero-order chi connectivity index (χ0) is 13.2. The molecule has 0 bridgehead atoms. The first-order valence-corrected chi connectivity index (χ1v) is 6.67. The number of hydrogen-bond acceptors (Lipinski definition) is 3. The average Bonchev–Trinajstić information content (AvgIpc) is 2.39. The largest absolute Gasteiger partial charge is 0.382 e. The quantitative estimate of drug-likeness (QED) is 0.585. The smallest absolute Gasteiger partial charge is 0.166 e. The van der Waals surface area contributed by atoms with Crippen LogP contribution in [-0.4, -0.2) is 29.9 Å². The van der Waals surface area contributed by atoms with Crippen molar-refractivity contribution in [3.63, 3.8) is 0 Å². The minimum absolute atomic E-state index is 0.180. The molecule has 4 nitrogen and oxygen atoms in total. The van der Waals surface area contributed by atoms with Gasteiger partial charge in [-0.15, -0.1) is 0 Å². The lowest BCUT2D eigenvalue weighted by atomic mass is 10.1. The van der Waals surface area contributed by atoms with Crippen LogP contribution in [-0.2, 0) is 4.74 Å². The molecule has 1 aromatic heterocycles. The van der Waals surface area contributed by atoms with Gasteiger partial charge in [0, 0.05) is 32.2 Å². The van der Waals surface area contributed by atoms with Crippen molar-refractivity contribution < 1.29 is 4.74 Å². The van der Waals surface area contributed by atoms with Crippen molar-refractivity contribution in [3.05, 3.63) is 30.1 Å². The van der Waals surface area contributed by atoms with E-state index in [1.54, 1.807) is 12.4 Å². The van der Waals surface area contributed by atoms with Gasteiger partial charge in [0.05, 0.1) is 6.04 Å². The molecule has 0 aromatic carbocycles. The number of rotatable bonds is 7. The Morgan fingerprint density at radius 3 is 2.83 bits per heavy atom. The Morgan fingerprint density at radius 1 is 1.44 bits per heavy atom. The molecular formula is C13H21N3OS. The third-order valence-corrected chi connectivity index (χ3v) is 2.77. The summed E-state index contributed by atoms with van der Waals surface area (Å²) in [6, 6.07) is 4.14. The molecule has 0 aliphatic heterocycles. The maximum atomic E-state index is 5.26. The maximum absolute atomic E-state index is 5.26. The van der Waals surface area contributed by atoms with Crippen molar-refractivity contribution in [2.45, 2.75) is 26.3 Å². The highest BCUT2D eigenvalue weighted by atomic mass is 32.1. The Labute approximate surface area is 114 Å². The van der Waals surface area contributed by atoms with Crippen LogP contribution >= 0.6 is 12.2 Å². The first-order valence-electron chi connectivity index (χ1n) is 6.26. The number of thiocarbonyl (C=S) groups is 1. The van der Waals surface area contributed by atoms with Crippen LogP contribution in [0.25, 0.3) is 0 Å². The predicted octanol–water partition coefficient (Wildman–Crippen LogP) is 2.03. The summed E-state index contributed by atoms with van der Waals surface area (Å²) in [7, 11) is 0. The fraction of sp³-hybridized carbons (Fsp3) is 0.538. The zero-order valence-corrected chi connectivity index (χ0v) is 11.8. The van der Waals surface area contributed by atoms with Crippen molar-refractivity contribution in [1.82, 2.24) is 15.6 Å². The van der Waals surface area contributed by atoms with Gasteiger partial charge in [0.2, 0.25) is 0 Å². The van der Waals surface area contributed by atoms with Crippen molar-refractivity contribution >= 4 is 17.3 Å². The molecule has 0 amide bonds. The standard InChI is InChI=1S/C13H21N3OS/c1-3-17-10-4-7-15-13(18)16-11(2)12-5-8-14-9-6-12/h5-6,8-9,11H,3-4,7,10H2,1-2H3,(H2,15,16,18). The lowest BCUT2D eigenvalue weighted by Gasteiger charge is -2.17. The Balaban J connectivity index is 2.20. The van der Waals surface area contributed by atoms with Crippen LogP contribution in [0.15, 0.2) is 24.5 Å². The predicted molar refractivity (Wildman–Crippen MR) is 77.5 cm³/mol. The molecule has 5 heteroatoms. The molecule has 0 saturated heterocycles. The zero-order valence-electron chi connectivity index (χ0n) is 11.0. The molecule has 0 aliphatic rings. The fourth-order valence-electron chi connectivity index (χ4n) is 1.50. The number of nitrogens with one attached hydrogen (secondary N) is 2. The summed E-state index contributed by atoms with van der Waals surface area (Å²) in [6.45, 7) is 6.43. The average molecular weight is 267 g/mol. The number of pyridine rings is 1. The molecule has 1 aromatic rings. The van der Waals surface area contributed by atoms with Gasteiger partial charge in [0.25, 0.3) is 0 Å². The number of aromatic nitrogens is 1. The Kier molecular flexibility index (Phi) is 7.29. The summed E-state index contributed by atoms with van der Waals surface area (Å²) in [5, 5.41) is 7.08. The van der Waals surface area contributed by atoms with E-state index < -0.39 is 0 Å². The molecular weight excluding hydrogens is 246 g/mol. The van der Waals surface area contributed by atoms with Crippen molar-refractivity contribution in [2.24, 2.45) is 0 Å². The highest BCUT2D eigenvalue weighted by Gasteiger charge is 2.05. The molecule has 0 radical (unpaired) electrons. The summed E-state index contributed by atoms with van der Waals surface area (Å²) >= 11 is 5.23. The monoisotopic (exact) mass is 267 g/mol. The van der Waals surface area contributed by atoms with Gasteiger partial charge in [0.1, 0.15) is 0 Å². The van der Waals surface area contributed by atoms with E-state index in [0.29, 0.717) is 5.11 Å². The normalized spacial score (nSPS) is 11.9. The molecule has 1 atom stereocenters. The summed E-state index contributed by atoms with van der Waals surface area (Å²) < 4.78 is 5.26. The number of hydrogen-bond donors (Lipinski definition) is 2. The minimum atomic E-state index is 0.180. The van der Waals surface area contributed by atoms with Crippen LogP contribution in [0.2, 0.25) is 0 Å². The van der Waals surface area contributed by atoms with E-state index in [4.69, 9.17) is 17.0 Å². The highest BCUT2D eigenvalue weighted by molar-refractivity contribution is 7.80. The summed E-state index contributed by atoms with van der Waals surface area (Å²) in [6.07, 6.45) is 4.53. The fourth-order valence-corrected chi connectivity index (χ4v) is 1.78. The summed E-state index contributed by atoms with van der Waals surface area (Å²) in [4.78, 5) is 3.99. The SMILES string of the molecule is CCOCCCNC(=S)NC(C)c1ccncc1. The lowest BCUT2D eigenvalue weighted by Crippen LogP contribution is -2.37. The van der Waals surface area contributed by atoms with Gasteiger partial charge < -0.3 is 15.4 Å². The van der Waals surface area contributed by atoms with Crippen LogP contribution in [0, 0.1) is 0 Å². The maximum Gasteiger partial charge on any atom is 0.166 e. The molecule has 0 spiro atoms. The Hall–Kier alpha value is -1.20. The minimum Gasteiger partial charge on any atom is -0.382 e. The third kappa shape index (κ3) is 5.93. The van der Waals surface area contributed by atoms with Crippen LogP contribution in [0.3, 0.4) is 0 Å². The molecule has 18 heavy (non-hydrogen) atoms. The van der Waals surface area contributed by atoms with Crippen LogP contribution in [0.4, 0.5) is 0 Å². The van der Waals surface area contributed by atoms with Gasteiger partial charge in [-0.1, -0.05) is 0 Å². The molecule has 0 saturated carbocycles.